The van der Waals surface area contributed by atoms with Crippen molar-refractivity contribution in [1.82, 2.24) is 5.32 Å². The van der Waals surface area contributed by atoms with E-state index in [1.54, 1.807) is 20.1 Å². The van der Waals surface area contributed by atoms with Crippen molar-refractivity contribution in [1.29, 1.82) is 5.41 Å². The summed E-state index contributed by atoms with van der Waals surface area (Å²) in [7, 11) is 1.74. The Hall–Kier alpha value is -0.725. The van der Waals surface area contributed by atoms with Gasteiger partial charge < -0.3 is 10.7 Å². The highest BCUT2D eigenvalue weighted by molar-refractivity contribution is 6.61. The summed E-state index contributed by atoms with van der Waals surface area (Å²) in [5, 5.41) is 9.90. The molecule has 0 aromatic carbocycles. The maximum atomic E-state index is 6.95. The predicted molar refractivity (Wildman–Crippen MR) is 39.1 cm³/mol. The number of allylic oxidation sites excluding steroid dienone is 1. The standard InChI is InChI=1S/C5H11BN2/c1-2-8-4-3-5(6)7/h3-4,7-8H,2,6H2,1H3/b4-3-,7-5?. The average Bonchev–Trinajstić information content (AvgIpc) is 1.66. The Morgan fingerprint density at radius 1 is 1.88 bits per heavy atom. The van der Waals surface area contributed by atoms with Gasteiger partial charge in [0, 0.05) is 6.54 Å². The van der Waals surface area contributed by atoms with Crippen LogP contribution >= 0.6 is 0 Å². The van der Waals surface area contributed by atoms with E-state index >= 15 is 0 Å². The number of hydrogen-bond acceptors (Lipinski definition) is 2. The molecule has 0 aliphatic heterocycles. The molecule has 0 aliphatic rings. The minimum absolute atomic E-state index is 0.575. The van der Waals surface area contributed by atoms with E-state index in [1.807, 2.05) is 6.92 Å². The van der Waals surface area contributed by atoms with Gasteiger partial charge in [-0.1, -0.05) is 0 Å². The van der Waals surface area contributed by atoms with Gasteiger partial charge in [-0.3, -0.25) is 0 Å². The fourth-order valence-electron chi connectivity index (χ4n) is 0.302. The lowest BCUT2D eigenvalue weighted by Gasteiger charge is -1.88. The molecule has 0 bridgehead atoms. The van der Waals surface area contributed by atoms with Crippen molar-refractivity contribution < 1.29 is 0 Å². The smallest absolute Gasteiger partial charge is 0.163 e. The second kappa shape index (κ2) is 4.43. The molecule has 0 aromatic heterocycles. The molecule has 0 fully saturated rings. The first-order valence-electron chi connectivity index (χ1n) is 2.72. The first-order valence-corrected chi connectivity index (χ1v) is 2.72. The summed E-state index contributed by atoms with van der Waals surface area (Å²) in [6.07, 6.45) is 3.51. The van der Waals surface area contributed by atoms with Crippen LogP contribution in [-0.2, 0) is 0 Å². The van der Waals surface area contributed by atoms with E-state index in [1.165, 1.54) is 0 Å². The van der Waals surface area contributed by atoms with Crippen LogP contribution in [0.5, 0.6) is 0 Å². The molecule has 0 saturated heterocycles. The summed E-state index contributed by atoms with van der Waals surface area (Å²) < 4.78 is 0. The SMILES string of the molecule is BC(=N)/C=C\NCC. The van der Waals surface area contributed by atoms with E-state index in [0.29, 0.717) is 5.61 Å². The van der Waals surface area contributed by atoms with Gasteiger partial charge in [-0.25, -0.2) is 0 Å². The molecule has 3 heteroatoms. The van der Waals surface area contributed by atoms with E-state index in [-0.39, 0.29) is 0 Å². The zero-order valence-electron chi connectivity index (χ0n) is 5.36. The lowest BCUT2D eigenvalue weighted by atomic mass is 10.0. The maximum absolute atomic E-state index is 6.95. The van der Waals surface area contributed by atoms with E-state index in [2.05, 4.69) is 5.32 Å². The van der Waals surface area contributed by atoms with Crippen molar-refractivity contribution in [3.63, 3.8) is 0 Å². The lowest BCUT2D eigenvalue weighted by molar-refractivity contribution is 0.920. The van der Waals surface area contributed by atoms with E-state index in [0.717, 1.165) is 6.54 Å². The first-order chi connectivity index (χ1) is 3.77. The van der Waals surface area contributed by atoms with E-state index in [4.69, 9.17) is 5.41 Å². The largest absolute Gasteiger partial charge is 0.391 e. The highest BCUT2D eigenvalue weighted by Gasteiger charge is 1.72. The highest BCUT2D eigenvalue weighted by atomic mass is 14.8. The average molecular weight is 110 g/mol. The summed E-state index contributed by atoms with van der Waals surface area (Å²) in [5.41, 5.74) is 0.575. The molecule has 0 amide bonds. The molecule has 0 spiro atoms. The quantitative estimate of drug-likeness (QED) is 0.380. The second-order valence-corrected chi connectivity index (χ2v) is 1.57. The minimum atomic E-state index is 0.575. The molecule has 2 N–H and O–H groups in total. The van der Waals surface area contributed by atoms with Gasteiger partial charge >= 0.3 is 0 Å². The predicted octanol–water partition coefficient (Wildman–Crippen LogP) is -0.280. The summed E-state index contributed by atoms with van der Waals surface area (Å²) in [6, 6.07) is 0. The summed E-state index contributed by atoms with van der Waals surface area (Å²) in [4.78, 5) is 0. The topological polar surface area (TPSA) is 35.9 Å². The number of rotatable bonds is 3. The van der Waals surface area contributed by atoms with Crippen molar-refractivity contribution in [2.75, 3.05) is 6.54 Å². The van der Waals surface area contributed by atoms with Gasteiger partial charge in [0.05, 0.1) is 0 Å². The van der Waals surface area contributed by atoms with Gasteiger partial charge in [-0.15, -0.1) is 0 Å². The van der Waals surface area contributed by atoms with Gasteiger partial charge in [-0.2, -0.15) is 0 Å². The van der Waals surface area contributed by atoms with Crippen LogP contribution in [0.15, 0.2) is 12.3 Å². The van der Waals surface area contributed by atoms with Gasteiger partial charge in [0.1, 0.15) is 0 Å². The summed E-state index contributed by atoms with van der Waals surface area (Å²) in [5.74, 6) is 0. The molecule has 0 unspecified atom stereocenters. The van der Waals surface area contributed by atoms with Gasteiger partial charge in [0.25, 0.3) is 0 Å². The Morgan fingerprint density at radius 2 is 2.50 bits per heavy atom. The minimum Gasteiger partial charge on any atom is -0.391 e. The molecule has 0 atom stereocenters. The number of hydrogen-bond donors (Lipinski definition) is 2. The molecule has 0 aromatic rings. The molecule has 44 valence electrons. The maximum Gasteiger partial charge on any atom is 0.163 e. The Bertz CT molecular complexity index is 98.6. The van der Waals surface area contributed by atoms with Crippen LogP contribution < -0.4 is 5.32 Å². The molecular formula is C5H11BN2. The third-order valence-corrected chi connectivity index (χ3v) is 0.655. The molecule has 8 heavy (non-hydrogen) atoms. The van der Waals surface area contributed by atoms with Gasteiger partial charge in [0.2, 0.25) is 0 Å². The van der Waals surface area contributed by atoms with Crippen LogP contribution in [0.2, 0.25) is 0 Å². The molecular weight excluding hydrogens is 98.9 g/mol. The Labute approximate surface area is 50.9 Å². The lowest BCUT2D eigenvalue weighted by Crippen LogP contribution is -2.03. The van der Waals surface area contributed by atoms with Crippen LogP contribution in [0.1, 0.15) is 6.92 Å². The molecule has 0 aliphatic carbocycles. The Kier molecular flexibility index (Phi) is 4.03. The third-order valence-electron chi connectivity index (χ3n) is 0.655. The highest BCUT2D eigenvalue weighted by Crippen LogP contribution is 1.65. The van der Waals surface area contributed by atoms with E-state index < -0.39 is 0 Å². The molecule has 0 rings (SSSR count). The monoisotopic (exact) mass is 110 g/mol. The normalized spacial score (nSPS) is 9.62. The molecule has 0 heterocycles. The zero-order chi connectivity index (χ0) is 6.41. The van der Waals surface area contributed by atoms with Gasteiger partial charge in [0.15, 0.2) is 7.85 Å². The van der Waals surface area contributed by atoms with Crippen molar-refractivity contribution in [2.24, 2.45) is 0 Å². The van der Waals surface area contributed by atoms with Crippen molar-refractivity contribution in [3.8, 4) is 0 Å². The second-order valence-electron chi connectivity index (χ2n) is 1.57. The Balaban J connectivity index is 3.20. The molecule has 2 nitrogen and oxygen atoms in total. The van der Waals surface area contributed by atoms with Crippen molar-refractivity contribution in [2.45, 2.75) is 6.92 Å². The fourth-order valence-corrected chi connectivity index (χ4v) is 0.302. The summed E-state index contributed by atoms with van der Waals surface area (Å²) in [6.45, 7) is 2.94. The first kappa shape index (κ1) is 7.27. The van der Waals surface area contributed by atoms with Crippen molar-refractivity contribution >= 4 is 13.5 Å². The van der Waals surface area contributed by atoms with Crippen LogP contribution in [-0.4, -0.2) is 20.0 Å². The fraction of sp³-hybridized carbons (Fsp3) is 0.400. The van der Waals surface area contributed by atoms with Crippen molar-refractivity contribution in [3.05, 3.63) is 12.3 Å². The van der Waals surface area contributed by atoms with Crippen LogP contribution in [0.3, 0.4) is 0 Å². The van der Waals surface area contributed by atoms with Crippen LogP contribution in [0.4, 0.5) is 0 Å². The molecule has 0 radical (unpaired) electrons. The van der Waals surface area contributed by atoms with Gasteiger partial charge in [-0.05, 0) is 24.8 Å². The molecule has 0 saturated carbocycles. The number of nitrogens with one attached hydrogen (secondary N) is 2. The third kappa shape index (κ3) is 5.27. The van der Waals surface area contributed by atoms with Crippen LogP contribution in [0.25, 0.3) is 0 Å². The van der Waals surface area contributed by atoms with E-state index in [9.17, 15) is 0 Å². The zero-order valence-corrected chi connectivity index (χ0v) is 5.36. The van der Waals surface area contributed by atoms with Crippen LogP contribution in [0, 0.1) is 5.41 Å². The Morgan fingerprint density at radius 3 is 2.88 bits per heavy atom. The summed E-state index contributed by atoms with van der Waals surface area (Å²) >= 11 is 0.